The van der Waals surface area contributed by atoms with Crippen molar-refractivity contribution in [1.82, 2.24) is 9.97 Å². The molecule has 1 aliphatic rings. The summed E-state index contributed by atoms with van der Waals surface area (Å²) in [5, 5.41) is 10.5. The number of hydrogen-bond donors (Lipinski definition) is 1. The normalized spacial score (nSPS) is 19.8. The third kappa shape index (κ3) is 2.36. The van der Waals surface area contributed by atoms with Crippen LogP contribution in [0, 0.1) is 5.82 Å². The summed E-state index contributed by atoms with van der Waals surface area (Å²) in [5.74, 6) is -0.443. The molecule has 1 aliphatic carbocycles. The van der Waals surface area contributed by atoms with E-state index >= 15 is 0 Å². The number of aryl methyl sites for hydroxylation is 1. The first-order valence-electron chi connectivity index (χ1n) is 6.49. The minimum Gasteiger partial charge on any atom is -0.386 e. The van der Waals surface area contributed by atoms with Crippen LogP contribution in [0.15, 0.2) is 36.7 Å². The summed E-state index contributed by atoms with van der Waals surface area (Å²) in [7, 11) is 0. The Morgan fingerprint density at radius 3 is 2.95 bits per heavy atom. The minimum atomic E-state index is -0.727. The Kier molecular flexibility index (Phi) is 3.25. The van der Waals surface area contributed by atoms with Gasteiger partial charge in [0.15, 0.2) is 0 Å². The molecule has 0 fully saturated rings. The molecular weight excluding hydrogens is 243 g/mol. The highest BCUT2D eigenvalue weighted by Crippen LogP contribution is 2.38. The number of aliphatic hydroxyl groups excluding tert-OH is 1. The van der Waals surface area contributed by atoms with Crippen molar-refractivity contribution in [2.45, 2.75) is 31.3 Å². The number of aliphatic hydroxyl groups is 1. The monoisotopic (exact) mass is 258 g/mol. The maximum absolute atomic E-state index is 12.9. The molecule has 2 atom stereocenters. The largest absolute Gasteiger partial charge is 0.386 e. The van der Waals surface area contributed by atoms with E-state index in [0.29, 0.717) is 5.69 Å². The van der Waals surface area contributed by atoms with Crippen molar-refractivity contribution in [3.8, 4) is 0 Å². The van der Waals surface area contributed by atoms with Crippen molar-refractivity contribution in [2.24, 2.45) is 0 Å². The molecule has 0 aliphatic heterocycles. The third-order valence-corrected chi connectivity index (χ3v) is 3.67. The molecule has 2 aromatic heterocycles. The van der Waals surface area contributed by atoms with Crippen LogP contribution in [0.3, 0.4) is 0 Å². The van der Waals surface area contributed by atoms with Crippen LogP contribution in [0.5, 0.6) is 0 Å². The molecule has 2 heterocycles. The number of rotatable bonds is 2. The predicted molar refractivity (Wildman–Crippen MR) is 69.1 cm³/mol. The number of halogens is 1. The molecule has 0 saturated carbocycles. The Bertz CT molecular complexity index is 571. The van der Waals surface area contributed by atoms with Crippen molar-refractivity contribution in [3.63, 3.8) is 0 Å². The molecule has 98 valence electrons. The average molecular weight is 258 g/mol. The van der Waals surface area contributed by atoms with E-state index in [1.165, 1.54) is 17.7 Å². The first kappa shape index (κ1) is 12.2. The summed E-state index contributed by atoms with van der Waals surface area (Å²) in [4.78, 5) is 8.38. The second-order valence-corrected chi connectivity index (χ2v) is 4.89. The van der Waals surface area contributed by atoms with Crippen LogP contribution < -0.4 is 0 Å². The summed E-state index contributed by atoms with van der Waals surface area (Å²) in [6.07, 6.45) is 5.08. The molecule has 2 aromatic rings. The van der Waals surface area contributed by atoms with Crippen LogP contribution in [0.1, 0.15) is 41.8 Å². The van der Waals surface area contributed by atoms with Crippen molar-refractivity contribution < 1.29 is 9.50 Å². The quantitative estimate of drug-likeness (QED) is 0.901. The summed E-state index contributed by atoms with van der Waals surface area (Å²) in [6.45, 7) is 0. The zero-order valence-electron chi connectivity index (χ0n) is 10.5. The van der Waals surface area contributed by atoms with Crippen LogP contribution in [-0.4, -0.2) is 15.1 Å². The van der Waals surface area contributed by atoms with Gasteiger partial charge >= 0.3 is 0 Å². The van der Waals surface area contributed by atoms with E-state index in [-0.39, 0.29) is 5.92 Å². The van der Waals surface area contributed by atoms with Gasteiger partial charge < -0.3 is 5.11 Å². The highest BCUT2D eigenvalue weighted by molar-refractivity contribution is 5.28. The van der Waals surface area contributed by atoms with Gasteiger partial charge in [-0.15, -0.1) is 0 Å². The molecule has 0 radical (unpaired) electrons. The fourth-order valence-electron chi connectivity index (χ4n) is 2.72. The lowest BCUT2D eigenvalue weighted by atomic mass is 9.82. The van der Waals surface area contributed by atoms with Crippen LogP contribution >= 0.6 is 0 Å². The summed E-state index contributed by atoms with van der Waals surface area (Å²) < 4.78 is 12.9. The van der Waals surface area contributed by atoms with E-state index in [9.17, 15) is 9.50 Å². The lowest BCUT2D eigenvalue weighted by Gasteiger charge is -2.27. The smallest absolute Gasteiger partial charge is 0.141 e. The first-order valence-corrected chi connectivity index (χ1v) is 6.49. The number of fused-ring (bicyclic) bond motifs is 1. The molecule has 3 rings (SSSR count). The van der Waals surface area contributed by atoms with Gasteiger partial charge in [0.25, 0.3) is 0 Å². The molecule has 0 saturated heterocycles. The maximum Gasteiger partial charge on any atom is 0.141 e. The van der Waals surface area contributed by atoms with Crippen LogP contribution in [0.4, 0.5) is 4.39 Å². The zero-order chi connectivity index (χ0) is 13.2. The van der Waals surface area contributed by atoms with Gasteiger partial charge in [0, 0.05) is 17.8 Å². The fourth-order valence-corrected chi connectivity index (χ4v) is 2.72. The van der Waals surface area contributed by atoms with E-state index < -0.39 is 11.9 Å². The van der Waals surface area contributed by atoms with Gasteiger partial charge in [-0.3, -0.25) is 9.97 Å². The number of nitrogens with zero attached hydrogens (tertiary/aromatic N) is 2. The zero-order valence-corrected chi connectivity index (χ0v) is 10.5. The Labute approximate surface area is 111 Å². The lowest BCUT2D eigenvalue weighted by molar-refractivity contribution is 0.129. The Balaban J connectivity index is 1.92. The molecule has 1 N–H and O–H groups in total. The van der Waals surface area contributed by atoms with Gasteiger partial charge in [-0.2, -0.15) is 0 Å². The van der Waals surface area contributed by atoms with Crippen molar-refractivity contribution in [3.05, 3.63) is 59.4 Å². The summed E-state index contributed by atoms with van der Waals surface area (Å²) in [6, 6.07) is 6.84. The molecular formula is C15H15FN2O. The molecule has 4 heteroatoms. The molecule has 0 bridgehead atoms. The molecule has 0 spiro atoms. The highest BCUT2D eigenvalue weighted by Gasteiger charge is 2.29. The second kappa shape index (κ2) is 5.05. The van der Waals surface area contributed by atoms with Crippen molar-refractivity contribution in [1.29, 1.82) is 0 Å². The minimum absolute atomic E-state index is 0.0529. The van der Waals surface area contributed by atoms with Crippen LogP contribution in [0.2, 0.25) is 0 Å². The fraction of sp³-hybridized carbons (Fsp3) is 0.333. The van der Waals surface area contributed by atoms with Crippen molar-refractivity contribution in [2.75, 3.05) is 0 Å². The Hall–Kier alpha value is -1.81. The predicted octanol–water partition coefficient (Wildman–Crippen LogP) is 2.77. The Morgan fingerprint density at radius 2 is 2.16 bits per heavy atom. The van der Waals surface area contributed by atoms with Crippen LogP contribution in [0.25, 0.3) is 0 Å². The highest BCUT2D eigenvalue weighted by atomic mass is 19.1. The number of pyridine rings is 2. The Morgan fingerprint density at radius 1 is 1.26 bits per heavy atom. The first-order chi connectivity index (χ1) is 9.25. The summed E-state index contributed by atoms with van der Waals surface area (Å²) >= 11 is 0. The van der Waals surface area contributed by atoms with E-state index in [1.807, 2.05) is 6.07 Å². The third-order valence-electron chi connectivity index (χ3n) is 3.67. The van der Waals surface area contributed by atoms with E-state index in [2.05, 4.69) is 16.0 Å². The van der Waals surface area contributed by atoms with E-state index in [4.69, 9.17) is 0 Å². The van der Waals surface area contributed by atoms with Crippen molar-refractivity contribution >= 4 is 0 Å². The topological polar surface area (TPSA) is 46.0 Å². The lowest BCUT2D eigenvalue weighted by Crippen LogP contribution is -2.19. The number of hydrogen-bond acceptors (Lipinski definition) is 3. The summed E-state index contributed by atoms with van der Waals surface area (Å²) in [5.41, 5.74) is 2.65. The molecule has 19 heavy (non-hydrogen) atoms. The number of aromatic nitrogens is 2. The SMILES string of the molecule is OC(c1ccc(F)cn1)C1CCCc2cccnc21. The standard InChI is InChI=1S/C15H15FN2O/c16-11-6-7-13(18-9-11)15(19)12-5-1-3-10-4-2-8-17-14(10)12/h2,4,6-9,12,15,19H,1,3,5H2. The molecule has 0 amide bonds. The second-order valence-electron chi connectivity index (χ2n) is 4.89. The molecule has 3 nitrogen and oxygen atoms in total. The maximum atomic E-state index is 12.9. The molecule has 2 unspecified atom stereocenters. The average Bonchev–Trinajstić information content (AvgIpc) is 2.47. The van der Waals surface area contributed by atoms with Gasteiger partial charge in [-0.25, -0.2) is 4.39 Å². The van der Waals surface area contributed by atoms with Gasteiger partial charge in [0.05, 0.1) is 11.9 Å². The van der Waals surface area contributed by atoms with Gasteiger partial charge in [0.1, 0.15) is 11.9 Å². The van der Waals surface area contributed by atoms with Gasteiger partial charge in [-0.1, -0.05) is 6.07 Å². The van der Waals surface area contributed by atoms with E-state index in [1.54, 1.807) is 6.20 Å². The van der Waals surface area contributed by atoms with Gasteiger partial charge in [-0.05, 0) is 43.0 Å². The molecule has 0 aromatic carbocycles. The van der Waals surface area contributed by atoms with Gasteiger partial charge in [0.2, 0.25) is 0 Å². The van der Waals surface area contributed by atoms with E-state index in [0.717, 1.165) is 31.2 Å². The van der Waals surface area contributed by atoms with Crippen LogP contribution in [-0.2, 0) is 6.42 Å².